The molecule has 30 heavy (non-hydrogen) atoms. The minimum Gasteiger partial charge on any atom is -0.505 e. The average molecular weight is 397 g/mol. The van der Waals surface area contributed by atoms with Gasteiger partial charge in [0.1, 0.15) is 5.75 Å². The number of hydrogen-bond acceptors (Lipinski definition) is 6. The van der Waals surface area contributed by atoms with Crippen molar-refractivity contribution >= 4 is 39.5 Å². The van der Waals surface area contributed by atoms with Crippen LogP contribution in [0.25, 0.3) is 10.8 Å². The van der Waals surface area contributed by atoms with Crippen LogP contribution in [0.2, 0.25) is 0 Å². The van der Waals surface area contributed by atoms with Crippen molar-refractivity contribution in [3.05, 3.63) is 66.2 Å². The van der Waals surface area contributed by atoms with Gasteiger partial charge in [-0.05, 0) is 42.5 Å². The number of benzene rings is 3. The van der Waals surface area contributed by atoms with Gasteiger partial charge in [-0.15, -0.1) is 0 Å². The van der Waals surface area contributed by atoms with Crippen molar-refractivity contribution in [1.29, 1.82) is 5.26 Å². The van der Waals surface area contributed by atoms with E-state index in [1.807, 2.05) is 42.5 Å². The molecule has 3 aromatic carbocycles. The van der Waals surface area contributed by atoms with Crippen LogP contribution in [0.4, 0.5) is 11.4 Å². The highest BCUT2D eigenvalue weighted by Crippen LogP contribution is 2.32. The number of carbonyl (C=O) groups is 1. The fourth-order valence-electron chi connectivity index (χ4n) is 3.27. The van der Waals surface area contributed by atoms with Gasteiger partial charge in [-0.2, -0.15) is 20.5 Å². The second-order valence-corrected chi connectivity index (χ2v) is 6.88. The molecule has 2 N–H and O–H groups in total. The lowest BCUT2D eigenvalue weighted by Gasteiger charge is -2.12. The molecule has 4 rings (SSSR count). The molecular weight excluding hydrogens is 378 g/mol. The van der Waals surface area contributed by atoms with Crippen LogP contribution in [0.3, 0.4) is 0 Å². The molecule has 7 heteroatoms. The lowest BCUT2D eigenvalue weighted by Crippen LogP contribution is -2.27. The highest BCUT2D eigenvalue weighted by Gasteiger charge is 2.30. The number of aryl methyl sites for hydroxylation is 1. The van der Waals surface area contributed by atoms with Crippen LogP contribution in [-0.4, -0.2) is 22.4 Å². The van der Waals surface area contributed by atoms with Crippen molar-refractivity contribution in [3.63, 3.8) is 0 Å². The van der Waals surface area contributed by atoms with Crippen molar-refractivity contribution in [2.75, 3.05) is 10.4 Å². The third kappa shape index (κ3) is 3.59. The SMILES string of the molecule is CC1=NN(c2ccc(CCC#N)cc2)C(=O)C1=NNc1ccc2ccccc2c1O. The first-order chi connectivity index (χ1) is 14.6. The smallest absolute Gasteiger partial charge is 0.301 e. The van der Waals surface area contributed by atoms with Gasteiger partial charge in [-0.1, -0.05) is 42.5 Å². The second kappa shape index (κ2) is 8.05. The van der Waals surface area contributed by atoms with E-state index < -0.39 is 0 Å². The molecule has 0 fully saturated rings. The van der Waals surface area contributed by atoms with E-state index in [-0.39, 0.29) is 17.4 Å². The maximum Gasteiger partial charge on any atom is 0.301 e. The van der Waals surface area contributed by atoms with E-state index in [0.29, 0.717) is 35.3 Å². The quantitative estimate of drug-likeness (QED) is 0.498. The molecule has 1 aliphatic rings. The summed E-state index contributed by atoms with van der Waals surface area (Å²) in [6.45, 7) is 1.71. The molecule has 0 saturated carbocycles. The Hall–Kier alpha value is -4.18. The van der Waals surface area contributed by atoms with E-state index in [1.165, 1.54) is 5.01 Å². The lowest BCUT2D eigenvalue weighted by molar-refractivity contribution is -0.112. The van der Waals surface area contributed by atoms with Gasteiger partial charge in [0.2, 0.25) is 0 Å². The highest BCUT2D eigenvalue weighted by atomic mass is 16.3. The molecule has 148 valence electrons. The van der Waals surface area contributed by atoms with Crippen LogP contribution in [0.15, 0.2) is 70.9 Å². The summed E-state index contributed by atoms with van der Waals surface area (Å²) in [7, 11) is 0. The molecule has 0 radical (unpaired) electrons. The maximum absolute atomic E-state index is 12.8. The summed E-state index contributed by atoms with van der Waals surface area (Å²) in [6, 6.07) is 20.5. The summed E-state index contributed by atoms with van der Waals surface area (Å²) in [5, 5.41) is 30.6. The Labute approximate surface area is 173 Å². The molecule has 7 nitrogen and oxygen atoms in total. The third-order valence-electron chi connectivity index (χ3n) is 4.88. The maximum atomic E-state index is 12.8. The Morgan fingerprint density at radius 1 is 1.13 bits per heavy atom. The summed E-state index contributed by atoms with van der Waals surface area (Å²) in [4.78, 5) is 12.8. The van der Waals surface area contributed by atoms with E-state index in [9.17, 15) is 9.90 Å². The molecule has 0 bridgehead atoms. The monoisotopic (exact) mass is 397 g/mol. The molecule has 1 heterocycles. The largest absolute Gasteiger partial charge is 0.505 e. The zero-order chi connectivity index (χ0) is 21.1. The number of nitrogens with zero attached hydrogens (tertiary/aromatic N) is 4. The van der Waals surface area contributed by atoms with Crippen molar-refractivity contribution in [1.82, 2.24) is 0 Å². The second-order valence-electron chi connectivity index (χ2n) is 6.88. The van der Waals surface area contributed by atoms with E-state index in [4.69, 9.17) is 5.26 Å². The zero-order valence-electron chi connectivity index (χ0n) is 16.3. The van der Waals surface area contributed by atoms with Crippen LogP contribution >= 0.6 is 0 Å². The van der Waals surface area contributed by atoms with Gasteiger partial charge in [-0.3, -0.25) is 10.2 Å². The topological polar surface area (TPSA) is 101 Å². The minimum absolute atomic E-state index is 0.0716. The number of amides is 1. The molecule has 0 saturated heterocycles. The van der Waals surface area contributed by atoms with Gasteiger partial charge in [0, 0.05) is 11.8 Å². The van der Waals surface area contributed by atoms with E-state index in [1.54, 1.807) is 25.1 Å². The van der Waals surface area contributed by atoms with Gasteiger partial charge in [0.05, 0.1) is 23.2 Å². The van der Waals surface area contributed by atoms with E-state index in [0.717, 1.165) is 10.9 Å². The number of rotatable bonds is 5. The molecule has 0 aliphatic carbocycles. The Morgan fingerprint density at radius 2 is 1.90 bits per heavy atom. The number of aromatic hydroxyl groups is 1. The van der Waals surface area contributed by atoms with Crippen molar-refractivity contribution in [2.45, 2.75) is 19.8 Å². The average Bonchev–Trinajstić information content (AvgIpc) is 3.06. The molecule has 0 aromatic heterocycles. The van der Waals surface area contributed by atoms with Gasteiger partial charge in [-0.25, -0.2) is 0 Å². The first kappa shape index (κ1) is 19.2. The fraction of sp³-hybridized carbons (Fsp3) is 0.130. The minimum atomic E-state index is -0.356. The van der Waals surface area contributed by atoms with Crippen LogP contribution in [0, 0.1) is 11.3 Å². The third-order valence-corrected chi connectivity index (χ3v) is 4.88. The van der Waals surface area contributed by atoms with Crippen molar-refractivity contribution in [3.8, 4) is 11.8 Å². The summed E-state index contributed by atoms with van der Waals surface area (Å²) >= 11 is 0. The number of fused-ring (bicyclic) bond motifs is 1. The van der Waals surface area contributed by atoms with Crippen LogP contribution in [-0.2, 0) is 11.2 Å². The van der Waals surface area contributed by atoms with E-state index in [2.05, 4.69) is 21.7 Å². The normalized spacial score (nSPS) is 14.8. The number of nitriles is 1. The van der Waals surface area contributed by atoms with Gasteiger partial charge < -0.3 is 5.11 Å². The van der Waals surface area contributed by atoms with Gasteiger partial charge in [0.25, 0.3) is 0 Å². The first-order valence-electron chi connectivity index (χ1n) is 9.49. The predicted molar refractivity (Wildman–Crippen MR) is 118 cm³/mol. The molecule has 0 unspecified atom stereocenters. The standard InChI is InChI=1S/C23H19N5O2/c1-15-21(26-25-20-13-10-17-6-2-3-7-19(17)22(20)29)23(30)28(27-15)18-11-8-16(9-12-18)5-4-14-24/h2-3,6-13,25,29H,4-5H2,1H3. The summed E-state index contributed by atoms with van der Waals surface area (Å²) in [6.07, 6.45) is 1.11. The molecule has 1 amide bonds. The van der Waals surface area contributed by atoms with Gasteiger partial charge in [0.15, 0.2) is 5.71 Å². The molecule has 1 aliphatic heterocycles. The number of anilines is 2. The molecule has 0 spiro atoms. The number of carbonyl (C=O) groups excluding carboxylic acids is 1. The van der Waals surface area contributed by atoms with Crippen molar-refractivity contribution in [2.24, 2.45) is 10.2 Å². The molecular formula is C23H19N5O2. The zero-order valence-corrected chi connectivity index (χ0v) is 16.3. The van der Waals surface area contributed by atoms with Crippen LogP contribution < -0.4 is 10.4 Å². The number of hydrazone groups is 2. The summed E-state index contributed by atoms with van der Waals surface area (Å²) < 4.78 is 0. The van der Waals surface area contributed by atoms with Crippen LogP contribution in [0.1, 0.15) is 18.9 Å². The van der Waals surface area contributed by atoms with Crippen LogP contribution in [0.5, 0.6) is 5.75 Å². The summed E-state index contributed by atoms with van der Waals surface area (Å²) in [5.41, 5.74) is 5.49. The molecule has 3 aromatic rings. The number of nitrogens with one attached hydrogen (secondary N) is 1. The fourth-order valence-corrected chi connectivity index (χ4v) is 3.27. The molecule has 0 atom stereocenters. The van der Waals surface area contributed by atoms with E-state index >= 15 is 0 Å². The number of phenolic OH excluding ortho intramolecular Hbond substituents is 1. The predicted octanol–water partition coefficient (Wildman–Crippen LogP) is 4.19. The van der Waals surface area contributed by atoms with Crippen molar-refractivity contribution < 1.29 is 9.90 Å². The summed E-state index contributed by atoms with van der Waals surface area (Å²) in [5.74, 6) is -0.285. The number of phenols is 1. The Kier molecular flexibility index (Phi) is 5.14. The highest BCUT2D eigenvalue weighted by molar-refractivity contribution is 6.71. The number of hydrogen-bond donors (Lipinski definition) is 2. The lowest BCUT2D eigenvalue weighted by atomic mass is 10.1. The Bertz CT molecular complexity index is 1220. The Balaban J connectivity index is 1.54. The van der Waals surface area contributed by atoms with Gasteiger partial charge >= 0.3 is 5.91 Å². The first-order valence-corrected chi connectivity index (χ1v) is 9.49. The Morgan fingerprint density at radius 3 is 2.67 bits per heavy atom.